The number of benzene rings is 2. The zero-order chi connectivity index (χ0) is 39.0. The van der Waals surface area contributed by atoms with Crippen LogP contribution < -0.4 is 10.1 Å². The molecule has 1 fully saturated rings. The van der Waals surface area contributed by atoms with Crippen LogP contribution in [0, 0.1) is 17.8 Å². The maximum absolute atomic E-state index is 13.6. The molecule has 2 aromatic carbocycles. The number of carbonyl (C=O) groups is 2. The number of nitrogens with zero attached hydrogens (tertiary/aromatic N) is 1. The molecular weight excluding hydrogens is 835 g/mol. The number of aliphatic hydroxyl groups excluding tert-OH is 3. The molecule has 14 heteroatoms. The van der Waals surface area contributed by atoms with Crippen LogP contribution in [-0.4, -0.2) is 102 Å². The van der Waals surface area contributed by atoms with Crippen LogP contribution in [0.15, 0.2) is 48.5 Å². The van der Waals surface area contributed by atoms with Gasteiger partial charge in [0.25, 0.3) is 5.91 Å². The highest BCUT2D eigenvalue weighted by Crippen LogP contribution is 2.50. The SMILES string of the molecule is C[C@H]1CN(CCCNC(=O)c2cc3c(s2)-c2cc(Cl)ccc2Oc2ccccc2-3)[C@H](C)[C@@H](O)[C@](C)(O)[C@@H](I)OC(=O)[C@H](C)[C@@H](O)[C@H](C)[C@@H](O)[C@](C)(O)C1. The predicted molar refractivity (Wildman–Crippen MR) is 214 cm³/mol. The number of nitrogens with one attached hydrogen (secondary N) is 1. The Morgan fingerprint density at radius 1 is 1.00 bits per heavy atom. The monoisotopic (exact) mass is 884 g/mol. The molecule has 3 aromatic rings. The van der Waals surface area contributed by atoms with Gasteiger partial charge in [0, 0.05) is 58.2 Å². The Morgan fingerprint density at radius 2 is 1.68 bits per heavy atom. The lowest BCUT2D eigenvalue weighted by Crippen LogP contribution is -2.58. The maximum Gasteiger partial charge on any atom is 0.312 e. The largest absolute Gasteiger partial charge is 0.456 e. The molecule has 0 radical (unpaired) electrons. The highest BCUT2D eigenvalue weighted by molar-refractivity contribution is 14.1. The van der Waals surface area contributed by atoms with Crippen molar-refractivity contribution in [2.75, 3.05) is 19.6 Å². The van der Waals surface area contributed by atoms with Crippen molar-refractivity contribution in [1.82, 2.24) is 10.2 Å². The molecule has 10 atom stereocenters. The van der Waals surface area contributed by atoms with Crippen LogP contribution in [-0.2, 0) is 9.53 Å². The number of esters is 1. The summed E-state index contributed by atoms with van der Waals surface area (Å²) in [5, 5.41) is 60.1. The van der Waals surface area contributed by atoms with Gasteiger partial charge in [0.1, 0.15) is 23.2 Å². The summed E-state index contributed by atoms with van der Waals surface area (Å²) >= 11 is 9.50. The van der Waals surface area contributed by atoms with E-state index in [1.165, 1.54) is 32.1 Å². The zero-order valence-electron chi connectivity index (χ0n) is 30.8. The Labute approximate surface area is 333 Å². The van der Waals surface area contributed by atoms with Crippen molar-refractivity contribution in [2.24, 2.45) is 17.8 Å². The molecule has 290 valence electrons. The first-order valence-corrected chi connectivity index (χ1v) is 20.3. The second kappa shape index (κ2) is 16.8. The van der Waals surface area contributed by atoms with Crippen molar-refractivity contribution in [3.63, 3.8) is 0 Å². The second-order valence-electron chi connectivity index (χ2n) is 15.1. The summed E-state index contributed by atoms with van der Waals surface area (Å²) in [5.74, 6) is -1.88. The number of para-hydroxylation sites is 1. The smallest absolute Gasteiger partial charge is 0.312 e. The highest BCUT2D eigenvalue weighted by Gasteiger charge is 2.47. The molecule has 6 N–H and O–H groups in total. The van der Waals surface area contributed by atoms with Crippen LogP contribution in [0.1, 0.15) is 64.1 Å². The predicted octanol–water partition coefficient (Wildman–Crippen LogP) is 5.85. The fourth-order valence-corrected chi connectivity index (χ4v) is 9.29. The number of halogens is 2. The highest BCUT2D eigenvalue weighted by atomic mass is 127. The van der Waals surface area contributed by atoms with Gasteiger partial charge in [-0.2, -0.15) is 0 Å². The van der Waals surface area contributed by atoms with E-state index in [9.17, 15) is 35.1 Å². The van der Waals surface area contributed by atoms with Crippen molar-refractivity contribution >= 4 is 57.4 Å². The molecule has 0 bridgehead atoms. The van der Waals surface area contributed by atoms with Crippen molar-refractivity contribution < 1.29 is 44.6 Å². The molecule has 0 saturated carbocycles. The molecule has 0 spiro atoms. The average molecular weight is 885 g/mol. The normalized spacial score (nSPS) is 32.8. The summed E-state index contributed by atoms with van der Waals surface area (Å²) in [6.07, 6.45) is -3.43. The number of hydrogen-bond acceptors (Lipinski definition) is 11. The lowest BCUT2D eigenvalue weighted by atomic mass is 9.78. The van der Waals surface area contributed by atoms with Gasteiger partial charge in [-0.1, -0.05) is 43.6 Å². The van der Waals surface area contributed by atoms with E-state index < -0.39 is 57.5 Å². The van der Waals surface area contributed by atoms with Crippen LogP contribution in [0.3, 0.4) is 0 Å². The third-order valence-corrected chi connectivity index (χ3v) is 13.5. The molecule has 5 rings (SSSR count). The number of ether oxygens (including phenoxy) is 2. The number of thiophene rings is 1. The Kier molecular flexibility index (Phi) is 13.3. The number of rotatable bonds is 5. The van der Waals surface area contributed by atoms with Crippen LogP contribution in [0.2, 0.25) is 5.02 Å². The minimum atomic E-state index is -1.88. The Bertz CT molecular complexity index is 1790. The van der Waals surface area contributed by atoms with Crippen LogP contribution in [0.25, 0.3) is 21.6 Å². The summed E-state index contributed by atoms with van der Waals surface area (Å²) in [6.45, 7) is 10.7. The van der Waals surface area contributed by atoms with Crippen LogP contribution in [0.5, 0.6) is 11.5 Å². The first-order chi connectivity index (χ1) is 24.8. The van der Waals surface area contributed by atoms with Crippen LogP contribution in [0.4, 0.5) is 0 Å². The average Bonchev–Trinajstić information content (AvgIpc) is 3.51. The summed E-state index contributed by atoms with van der Waals surface area (Å²) in [5.41, 5.74) is -0.940. The standard InChI is InChI=1S/C39H50ClIN2O9S/c1-20-18-38(5,49)33(45)21(2)31(44)22(3)36(48)52-37(41)39(6,50)34(46)23(4)43(19-20)15-9-14-42-35(47)30-17-26-25-10-7-8-11-28(25)51-29-13-12-24(40)16-27(29)32(26)53-30/h7-8,10-13,16-17,20-23,31,33-34,37,44-46,49-50H,9,14-15,18-19H2,1-6H3,(H,42,47)/t20-,21+,22-,23-,31+,33-,34-,37+,38-,39+/m1/s1. The second-order valence-corrected chi connectivity index (χ2v) is 17.7. The van der Waals surface area contributed by atoms with Crippen molar-refractivity contribution in [3.8, 4) is 33.1 Å². The molecule has 3 heterocycles. The summed E-state index contributed by atoms with van der Waals surface area (Å²) in [4.78, 5) is 30.0. The molecule has 1 amide bonds. The number of carbonyl (C=O) groups excluding carboxylic acids is 2. The first kappa shape index (κ1) is 41.8. The van der Waals surface area contributed by atoms with Gasteiger partial charge < -0.3 is 40.3 Å². The molecule has 1 saturated heterocycles. The van der Waals surface area contributed by atoms with Gasteiger partial charge in [0.2, 0.25) is 0 Å². The van der Waals surface area contributed by atoms with Gasteiger partial charge in [-0.25, -0.2) is 0 Å². The van der Waals surface area contributed by atoms with E-state index in [4.69, 9.17) is 21.1 Å². The Morgan fingerprint density at radius 3 is 2.40 bits per heavy atom. The van der Waals surface area contributed by atoms with E-state index in [0.717, 1.165) is 21.6 Å². The number of alkyl halides is 1. The van der Waals surface area contributed by atoms with Gasteiger partial charge in [-0.15, -0.1) is 11.3 Å². The Balaban J connectivity index is 1.33. The molecule has 0 unspecified atom stereocenters. The number of amides is 1. The first-order valence-electron chi connectivity index (χ1n) is 17.9. The topological polar surface area (TPSA) is 169 Å². The van der Waals surface area contributed by atoms with Crippen molar-refractivity contribution in [1.29, 1.82) is 0 Å². The quantitative estimate of drug-likeness (QED) is 0.0619. The van der Waals surface area contributed by atoms with Gasteiger partial charge >= 0.3 is 5.97 Å². The minimum Gasteiger partial charge on any atom is -0.456 e. The molecule has 2 aliphatic rings. The number of hydrogen-bond donors (Lipinski definition) is 6. The summed E-state index contributed by atoms with van der Waals surface area (Å²) in [6, 6.07) is 14.3. The molecule has 1 aromatic heterocycles. The molecule has 2 aliphatic heterocycles. The van der Waals surface area contributed by atoms with Crippen LogP contribution >= 0.6 is 45.5 Å². The van der Waals surface area contributed by atoms with E-state index >= 15 is 0 Å². The summed E-state index contributed by atoms with van der Waals surface area (Å²) < 4.78 is 10.6. The Hall–Kier alpha value is -2.34. The van der Waals surface area contributed by atoms with E-state index in [-0.39, 0.29) is 18.2 Å². The number of aliphatic hydroxyl groups is 5. The molecule has 11 nitrogen and oxygen atoms in total. The van der Waals surface area contributed by atoms with E-state index in [1.54, 1.807) is 42.5 Å². The lowest BCUT2D eigenvalue weighted by molar-refractivity contribution is -0.176. The summed E-state index contributed by atoms with van der Waals surface area (Å²) in [7, 11) is 0. The lowest BCUT2D eigenvalue weighted by Gasteiger charge is -2.42. The molecular formula is C39H50ClIN2O9S. The van der Waals surface area contributed by atoms with E-state index in [2.05, 4.69) is 5.32 Å². The van der Waals surface area contributed by atoms with Gasteiger partial charge in [-0.05, 0) is 99.4 Å². The van der Waals surface area contributed by atoms with E-state index in [0.29, 0.717) is 47.5 Å². The van der Waals surface area contributed by atoms with Gasteiger partial charge in [0.05, 0.1) is 28.6 Å². The maximum atomic E-state index is 13.6. The fraction of sp³-hybridized carbons (Fsp3) is 0.538. The molecule has 0 aliphatic carbocycles. The number of cyclic esters (lactones) is 1. The fourth-order valence-electron chi connectivity index (χ4n) is 7.39. The van der Waals surface area contributed by atoms with Crippen molar-refractivity contribution in [3.05, 3.63) is 58.4 Å². The molecule has 53 heavy (non-hydrogen) atoms. The minimum absolute atomic E-state index is 0.150. The van der Waals surface area contributed by atoms with E-state index in [1.807, 2.05) is 54.3 Å². The van der Waals surface area contributed by atoms with Gasteiger partial charge in [-0.3, -0.25) is 14.5 Å². The number of fused-ring (bicyclic) bond motifs is 5. The zero-order valence-corrected chi connectivity index (χ0v) is 34.5. The van der Waals surface area contributed by atoms with Crippen molar-refractivity contribution in [2.45, 2.75) is 94.1 Å². The third kappa shape index (κ3) is 9.05. The van der Waals surface area contributed by atoms with Gasteiger partial charge in [0.15, 0.2) is 4.11 Å². The third-order valence-electron chi connectivity index (χ3n) is 10.6.